The first-order valence-electron chi connectivity index (χ1n) is 7.13. The van der Waals surface area contributed by atoms with Crippen LogP contribution < -0.4 is 5.32 Å². The number of halogens is 1. The van der Waals surface area contributed by atoms with Gasteiger partial charge in [-0.2, -0.15) is 0 Å². The summed E-state index contributed by atoms with van der Waals surface area (Å²) < 4.78 is 23.0. The van der Waals surface area contributed by atoms with Gasteiger partial charge in [0, 0.05) is 12.1 Å². The SMILES string of the molecule is COC(=O)[C@H](CC(=O)OC(C)(C)C)NCc1cc(F)ccc1O. The van der Waals surface area contributed by atoms with Gasteiger partial charge in [0.2, 0.25) is 0 Å². The van der Waals surface area contributed by atoms with Crippen LogP contribution >= 0.6 is 0 Å². The molecular formula is C16H22FNO5. The molecule has 0 amide bonds. The van der Waals surface area contributed by atoms with Crippen molar-refractivity contribution in [1.82, 2.24) is 5.32 Å². The van der Waals surface area contributed by atoms with Gasteiger partial charge in [-0.05, 0) is 39.0 Å². The molecule has 1 aromatic carbocycles. The molecule has 7 heteroatoms. The normalized spacial score (nSPS) is 12.6. The number of carbonyl (C=O) groups excluding carboxylic acids is 2. The third kappa shape index (κ3) is 6.65. The highest BCUT2D eigenvalue weighted by atomic mass is 19.1. The van der Waals surface area contributed by atoms with E-state index >= 15 is 0 Å². The molecule has 0 heterocycles. The molecule has 128 valence electrons. The molecule has 2 N–H and O–H groups in total. The Morgan fingerprint density at radius 3 is 2.57 bits per heavy atom. The number of phenols is 1. The highest BCUT2D eigenvalue weighted by molar-refractivity contribution is 5.82. The van der Waals surface area contributed by atoms with E-state index in [1.54, 1.807) is 20.8 Å². The number of benzene rings is 1. The molecule has 23 heavy (non-hydrogen) atoms. The van der Waals surface area contributed by atoms with E-state index in [9.17, 15) is 19.1 Å². The van der Waals surface area contributed by atoms with Crippen molar-refractivity contribution in [3.05, 3.63) is 29.6 Å². The third-order valence-electron chi connectivity index (χ3n) is 2.86. The fourth-order valence-corrected chi connectivity index (χ4v) is 1.86. The summed E-state index contributed by atoms with van der Waals surface area (Å²) in [4.78, 5) is 23.6. The highest BCUT2D eigenvalue weighted by Gasteiger charge is 2.26. The molecular weight excluding hydrogens is 305 g/mol. The monoisotopic (exact) mass is 327 g/mol. The number of carbonyl (C=O) groups is 2. The topological polar surface area (TPSA) is 84.9 Å². The number of nitrogens with one attached hydrogen (secondary N) is 1. The van der Waals surface area contributed by atoms with E-state index in [1.807, 2.05) is 0 Å². The fourth-order valence-electron chi connectivity index (χ4n) is 1.86. The Hall–Kier alpha value is -2.15. The van der Waals surface area contributed by atoms with Gasteiger partial charge < -0.3 is 14.6 Å². The van der Waals surface area contributed by atoms with E-state index in [2.05, 4.69) is 10.1 Å². The van der Waals surface area contributed by atoms with Crippen molar-refractivity contribution < 1.29 is 28.6 Å². The van der Waals surface area contributed by atoms with Gasteiger partial charge >= 0.3 is 11.9 Å². The number of hydrogen-bond acceptors (Lipinski definition) is 6. The molecule has 0 aliphatic heterocycles. The van der Waals surface area contributed by atoms with Gasteiger partial charge in [-0.1, -0.05) is 0 Å². The molecule has 1 rings (SSSR count). The lowest BCUT2D eigenvalue weighted by Gasteiger charge is -2.22. The van der Waals surface area contributed by atoms with Gasteiger partial charge in [-0.25, -0.2) is 4.39 Å². The summed E-state index contributed by atoms with van der Waals surface area (Å²) in [7, 11) is 1.20. The summed E-state index contributed by atoms with van der Waals surface area (Å²) in [6, 6.07) is 2.52. The van der Waals surface area contributed by atoms with E-state index in [0.29, 0.717) is 0 Å². The molecule has 0 aromatic heterocycles. The molecule has 0 saturated heterocycles. The number of rotatable bonds is 6. The lowest BCUT2D eigenvalue weighted by atomic mass is 10.1. The lowest BCUT2D eigenvalue weighted by Crippen LogP contribution is -2.40. The summed E-state index contributed by atoms with van der Waals surface area (Å²) >= 11 is 0. The van der Waals surface area contributed by atoms with Crippen molar-refractivity contribution in [3.8, 4) is 5.75 Å². The zero-order valence-corrected chi connectivity index (χ0v) is 13.7. The second kappa shape index (κ2) is 7.92. The molecule has 0 saturated carbocycles. The van der Waals surface area contributed by atoms with E-state index < -0.39 is 29.4 Å². The average Bonchev–Trinajstić information content (AvgIpc) is 2.43. The summed E-state index contributed by atoms with van der Waals surface area (Å²) in [6.45, 7) is 5.15. The maximum absolute atomic E-state index is 13.2. The Labute approximate surface area is 134 Å². The minimum absolute atomic E-state index is 0.00778. The minimum Gasteiger partial charge on any atom is -0.508 e. The Balaban J connectivity index is 2.74. The summed E-state index contributed by atoms with van der Waals surface area (Å²) in [5.41, 5.74) is -0.401. The van der Waals surface area contributed by atoms with Gasteiger partial charge in [0.1, 0.15) is 23.2 Å². The number of phenolic OH excluding ortho intramolecular Hbond substituents is 1. The van der Waals surface area contributed by atoms with E-state index in [-0.39, 0.29) is 24.3 Å². The highest BCUT2D eigenvalue weighted by Crippen LogP contribution is 2.18. The minimum atomic E-state index is -0.961. The molecule has 0 unspecified atom stereocenters. The standard InChI is InChI=1S/C16H22FNO5/c1-16(2,3)23-14(20)8-12(15(21)22-4)18-9-10-7-11(17)5-6-13(10)19/h5-7,12,18-19H,8-9H2,1-4H3/t12-/m0/s1. The maximum atomic E-state index is 13.2. The number of ether oxygens (including phenoxy) is 2. The molecule has 1 atom stereocenters. The second-order valence-corrected chi connectivity index (χ2v) is 6.02. The van der Waals surface area contributed by atoms with Crippen molar-refractivity contribution in [2.24, 2.45) is 0 Å². The molecule has 0 aliphatic rings. The smallest absolute Gasteiger partial charge is 0.323 e. The fraction of sp³-hybridized carbons (Fsp3) is 0.500. The van der Waals surface area contributed by atoms with Gasteiger partial charge in [0.15, 0.2) is 0 Å². The largest absolute Gasteiger partial charge is 0.508 e. The number of esters is 2. The van der Waals surface area contributed by atoms with Gasteiger partial charge in [-0.3, -0.25) is 14.9 Å². The van der Waals surface area contributed by atoms with Crippen LogP contribution in [0.3, 0.4) is 0 Å². The summed E-state index contributed by atoms with van der Waals surface area (Å²) in [5, 5.41) is 12.4. The van der Waals surface area contributed by atoms with Crippen molar-refractivity contribution in [2.45, 2.75) is 45.4 Å². The molecule has 0 radical (unpaired) electrons. The molecule has 1 aromatic rings. The van der Waals surface area contributed by atoms with Crippen molar-refractivity contribution in [3.63, 3.8) is 0 Å². The number of methoxy groups -OCH3 is 1. The third-order valence-corrected chi connectivity index (χ3v) is 2.86. The molecule has 0 aliphatic carbocycles. The van der Waals surface area contributed by atoms with Crippen LogP contribution in [0.5, 0.6) is 5.75 Å². The van der Waals surface area contributed by atoms with Crippen LogP contribution in [0.2, 0.25) is 0 Å². The van der Waals surface area contributed by atoms with Crippen molar-refractivity contribution in [2.75, 3.05) is 7.11 Å². The number of aromatic hydroxyl groups is 1. The predicted molar refractivity (Wildman–Crippen MR) is 81.2 cm³/mol. The van der Waals surface area contributed by atoms with E-state index in [0.717, 1.165) is 12.1 Å². The van der Waals surface area contributed by atoms with Crippen LogP contribution in [0, 0.1) is 5.82 Å². The molecule has 6 nitrogen and oxygen atoms in total. The molecule has 0 bridgehead atoms. The van der Waals surface area contributed by atoms with Crippen LogP contribution in [-0.2, 0) is 25.6 Å². The first kappa shape index (κ1) is 18.9. The first-order chi connectivity index (χ1) is 10.6. The Kier molecular flexibility index (Phi) is 6.50. The van der Waals surface area contributed by atoms with Gasteiger partial charge in [-0.15, -0.1) is 0 Å². The predicted octanol–water partition coefficient (Wildman–Crippen LogP) is 1.89. The second-order valence-electron chi connectivity index (χ2n) is 6.02. The zero-order valence-electron chi connectivity index (χ0n) is 13.7. The maximum Gasteiger partial charge on any atom is 0.323 e. The van der Waals surface area contributed by atoms with E-state index in [4.69, 9.17) is 4.74 Å². The Morgan fingerprint density at radius 2 is 2.00 bits per heavy atom. The van der Waals surface area contributed by atoms with Gasteiger partial charge in [0.05, 0.1) is 13.5 Å². The van der Waals surface area contributed by atoms with Crippen LogP contribution in [0.1, 0.15) is 32.8 Å². The molecule has 0 fully saturated rings. The average molecular weight is 327 g/mol. The van der Waals surface area contributed by atoms with Crippen molar-refractivity contribution >= 4 is 11.9 Å². The quantitative estimate of drug-likeness (QED) is 0.776. The van der Waals surface area contributed by atoms with Crippen molar-refractivity contribution in [1.29, 1.82) is 0 Å². The Morgan fingerprint density at radius 1 is 1.35 bits per heavy atom. The van der Waals surface area contributed by atoms with E-state index in [1.165, 1.54) is 13.2 Å². The van der Waals surface area contributed by atoms with Gasteiger partial charge in [0.25, 0.3) is 0 Å². The zero-order chi connectivity index (χ0) is 17.6. The van der Waals surface area contributed by atoms with Crippen LogP contribution in [0.15, 0.2) is 18.2 Å². The van der Waals surface area contributed by atoms with Crippen LogP contribution in [0.25, 0.3) is 0 Å². The molecule has 0 spiro atoms. The number of hydrogen-bond donors (Lipinski definition) is 2. The summed E-state index contributed by atoms with van der Waals surface area (Å²) in [6.07, 6.45) is -0.236. The van der Waals surface area contributed by atoms with Crippen LogP contribution in [-0.4, -0.2) is 35.8 Å². The summed E-state index contributed by atoms with van der Waals surface area (Å²) in [5.74, 6) is -1.84. The lowest BCUT2D eigenvalue weighted by molar-refractivity contribution is -0.159. The Bertz CT molecular complexity index is 568. The van der Waals surface area contributed by atoms with Crippen LogP contribution in [0.4, 0.5) is 4.39 Å². The first-order valence-corrected chi connectivity index (χ1v) is 7.13.